The second-order valence-electron chi connectivity index (χ2n) is 5.98. The molecule has 0 spiro atoms. The predicted octanol–water partition coefficient (Wildman–Crippen LogP) is 3.40. The van der Waals surface area contributed by atoms with Gasteiger partial charge >= 0.3 is 5.97 Å². The zero-order valence-corrected chi connectivity index (χ0v) is 13.9. The Bertz CT molecular complexity index is 772. The fourth-order valence-corrected chi connectivity index (χ4v) is 3.99. The van der Waals surface area contributed by atoms with Gasteiger partial charge in [0.25, 0.3) is 5.56 Å². The Kier molecular flexibility index (Phi) is 4.04. The Morgan fingerprint density at radius 3 is 2.73 bits per heavy atom. The normalized spacial score (nSPS) is 17.0. The molecular formula is C16H20N2O3S. The first-order valence-electron chi connectivity index (χ1n) is 7.67. The Labute approximate surface area is 132 Å². The van der Waals surface area contributed by atoms with Crippen LogP contribution in [0.1, 0.15) is 55.0 Å². The fourth-order valence-electron chi connectivity index (χ4n) is 2.95. The van der Waals surface area contributed by atoms with Crippen LogP contribution in [0.3, 0.4) is 0 Å². The van der Waals surface area contributed by atoms with Gasteiger partial charge in [0, 0.05) is 4.88 Å². The number of nitrogens with one attached hydrogen (secondary N) is 1. The number of fused-ring (bicyclic) bond motifs is 1. The van der Waals surface area contributed by atoms with E-state index in [0.29, 0.717) is 16.0 Å². The van der Waals surface area contributed by atoms with Gasteiger partial charge in [0.15, 0.2) is 11.9 Å². The van der Waals surface area contributed by atoms with Crippen LogP contribution in [0.2, 0.25) is 0 Å². The van der Waals surface area contributed by atoms with Crippen molar-refractivity contribution in [2.24, 2.45) is 5.92 Å². The summed E-state index contributed by atoms with van der Waals surface area (Å²) in [6.45, 7) is 5.66. The molecule has 5 nitrogen and oxygen atoms in total. The van der Waals surface area contributed by atoms with Crippen LogP contribution in [0.4, 0.5) is 0 Å². The highest BCUT2D eigenvalue weighted by atomic mass is 32.1. The van der Waals surface area contributed by atoms with E-state index in [9.17, 15) is 9.59 Å². The SMILES string of the molecule is Cc1sc2nc([C@H](C)OC(=O)C3CCCC3)[nH]c(=O)c2c1C. The number of nitrogens with zero attached hydrogens (tertiary/aromatic N) is 1. The van der Waals surface area contributed by atoms with Crippen molar-refractivity contribution < 1.29 is 9.53 Å². The molecule has 1 atom stereocenters. The number of thiophene rings is 1. The second-order valence-corrected chi connectivity index (χ2v) is 7.18. The van der Waals surface area contributed by atoms with Crippen LogP contribution < -0.4 is 5.56 Å². The maximum absolute atomic E-state index is 12.3. The van der Waals surface area contributed by atoms with Crippen LogP contribution in [0, 0.1) is 19.8 Å². The van der Waals surface area contributed by atoms with E-state index in [1.54, 1.807) is 6.92 Å². The van der Waals surface area contributed by atoms with Crippen molar-refractivity contribution in [3.63, 3.8) is 0 Å². The number of carbonyl (C=O) groups excluding carboxylic acids is 1. The van der Waals surface area contributed by atoms with Gasteiger partial charge in [0.1, 0.15) is 4.83 Å². The smallest absolute Gasteiger partial charge is 0.309 e. The highest BCUT2D eigenvalue weighted by Crippen LogP contribution is 2.29. The van der Waals surface area contributed by atoms with E-state index >= 15 is 0 Å². The average molecular weight is 320 g/mol. The van der Waals surface area contributed by atoms with Gasteiger partial charge in [-0.1, -0.05) is 12.8 Å². The number of aromatic nitrogens is 2. The summed E-state index contributed by atoms with van der Waals surface area (Å²) in [6, 6.07) is 0. The van der Waals surface area contributed by atoms with Crippen molar-refractivity contribution in [3.05, 3.63) is 26.6 Å². The molecule has 118 valence electrons. The zero-order chi connectivity index (χ0) is 15.9. The molecule has 1 fully saturated rings. The van der Waals surface area contributed by atoms with Gasteiger partial charge in [-0.2, -0.15) is 0 Å². The summed E-state index contributed by atoms with van der Waals surface area (Å²) in [5.41, 5.74) is 0.807. The lowest BCUT2D eigenvalue weighted by Crippen LogP contribution is -2.20. The van der Waals surface area contributed by atoms with Crippen LogP contribution in [0.15, 0.2) is 4.79 Å². The summed E-state index contributed by atoms with van der Waals surface area (Å²) in [4.78, 5) is 33.4. The van der Waals surface area contributed by atoms with E-state index in [2.05, 4.69) is 9.97 Å². The molecule has 0 unspecified atom stereocenters. The largest absolute Gasteiger partial charge is 0.454 e. The van der Waals surface area contributed by atoms with Gasteiger partial charge in [-0.05, 0) is 39.2 Å². The number of carbonyl (C=O) groups is 1. The lowest BCUT2D eigenvalue weighted by atomic mass is 10.1. The highest BCUT2D eigenvalue weighted by Gasteiger charge is 2.26. The molecular weight excluding hydrogens is 300 g/mol. The molecule has 2 aromatic heterocycles. The zero-order valence-electron chi connectivity index (χ0n) is 13.1. The van der Waals surface area contributed by atoms with E-state index < -0.39 is 6.10 Å². The topological polar surface area (TPSA) is 72.0 Å². The monoisotopic (exact) mass is 320 g/mol. The number of hydrogen-bond acceptors (Lipinski definition) is 5. The molecule has 0 bridgehead atoms. The summed E-state index contributed by atoms with van der Waals surface area (Å²) in [5.74, 6) is 0.250. The number of H-pyrrole nitrogens is 1. The minimum absolute atomic E-state index is 0.00382. The molecule has 1 N–H and O–H groups in total. The van der Waals surface area contributed by atoms with Crippen molar-refractivity contribution >= 4 is 27.5 Å². The van der Waals surface area contributed by atoms with E-state index in [1.165, 1.54) is 11.3 Å². The van der Waals surface area contributed by atoms with Crippen molar-refractivity contribution in [1.82, 2.24) is 9.97 Å². The third-order valence-electron chi connectivity index (χ3n) is 4.42. The number of rotatable bonds is 3. The van der Waals surface area contributed by atoms with E-state index in [0.717, 1.165) is 36.1 Å². The van der Waals surface area contributed by atoms with Gasteiger partial charge < -0.3 is 9.72 Å². The molecule has 0 aromatic carbocycles. The first-order chi connectivity index (χ1) is 10.5. The summed E-state index contributed by atoms with van der Waals surface area (Å²) in [6.07, 6.45) is 3.44. The first kappa shape index (κ1) is 15.2. The second kappa shape index (κ2) is 5.83. The van der Waals surface area contributed by atoms with Crippen LogP contribution >= 0.6 is 11.3 Å². The lowest BCUT2D eigenvalue weighted by Gasteiger charge is -2.15. The molecule has 0 saturated heterocycles. The molecule has 2 heterocycles. The quantitative estimate of drug-likeness (QED) is 0.880. The standard InChI is InChI=1S/C16H20N2O3S/c1-8-10(3)22-15-12(8)14(19)17-13(18-15)9(2)21-16(20)11-6-4-5-7-11/h9,11H,4-7H2,1-3H3,(H,17,18,19)/t9-/m0/s1. The van der Waals surface area contributed by atoms with Crippen molar-refractivity contribution in [1.29, 1.82) is 0 Å². The first-order valence-corrected chi connectivity index (χ1v) is 8.49. The third-order valence-corrected chi connectivity index (χ3v) is 5.53. The Hall–Kier alpha value is -1.69. The van der Waals surface area contributed by atoms with E-state index in [1.807, 2.05) is 13.8 Å². The molecule has 6 heteroatoms. The maximum atomic E-state index is 12.3. The molecule has 0 amide bonds. The number of aryl methyl sites for hydroxylation is 2. The van der Waals surface area contributed by atoms with Gasteiger partial charge in [-0.25, -0.2) is 4.98 Å². The third kappa shape index (κ3) is 2.67. The number of ether oxygens (including phenoxy) is 1. The summed E-state index contributed by atoms with van der Waals surface area (Å²) in [7, 11) is 0. The van der Waals surface area contributed by atoms with Crippen molar-refractivity contribution in [3.8, 4) is 0 Å². The van der Waals surface area contributed by atoms with Crippen LogP contribution in [0.25, 0.3) is 10.2 Å². The fraction of sp³-hybridized carbons (Fsp3) is 0.562. The predicted molar refractivity (Wildman–Crippen MR) is 86.2 cm³/mol. The van der Waals surface area contributed by atoms with Crippen molar-refractivity contribution in [2.75, 3.05) is 0 Å². The summed E-state index contributed by atoms with van der Waals surface area (Å²) < 4.78 is 5.49. The molecule has 22 heavy (non-hydrogen) atoms. The number of esters is 1. The Balaban J connectivity index is 1.86. The molecule has 0 radical (unpaired) electrons. The highest BCUT2D eigenvalue weighted by molar-refractivity contribution is 7.18. The minimum Gasteiger partial charge on any atom is -0.454 e. The van der Waals surface area contributed by atoms with Gasteiger partial charge in [0.05, 0.1) is 11.3 Å². The molecule has 3 rings (SSSR count). The van der Waals surface area contributed by atoms with E-state index in [4.69, 9.17) is 4.74 Å². The molecule has 1 aliphatic rings. The maximum Gasteiger partial charge on any atom is 0.309 e. The number of aromatic amines is 1. The summed E-state index contributed by atoms with van der Waals surface area (Å²) >= 11 is 1.50. The Morgan fingerprint density at radius 2 is 2.05 bits per heavy atom. The molecule has 1 saturated carbocycles. The Morgan fingerprint density at radius 1 is 1.36 bits per heavy atom. The van der Waals surface area contributed by atoms with Crippen LogP contribution in [-0.2, 0) is 9.53 Å². The van der Waals surface area contributed by atoms with Gasteiger partial charge in [0.2, 0.25) is 0 Å². The average Bonchev–Trinajstić information content (AvgIpc) is 3.08. The lowest BCUT2D eigenvalue weighted by molar-refractivity contribution is -0.153. The van der Waals surface area contributed by atoms with Crippen molar-refractivity contribution in [2.45, 2.75) is 52.6 Å². The molecule has 1 aliphatic carbocycles. The summed E-state index contributed by atoms with van der Waals surface area (Å²) in [5, 5.41) is 0.639. The van der Waals surface area contributed by atoms with Crippen LogP contribution in [-0.4, -0.2) is 15.9 Å². The van der Waals surface area contributed by atoms with Gasteiger partial charge in [-0.15, -0.1) is 11.3 Å². The van der Waals surface area contributed by atoms with Gasteiger partial charge in [-0.3, -0.25) is 9.59 Å². The van der Waals surface area contributed by atoms with Crippen LogP contribution in [0.5, 0.6) is 0 Å². The molecule has 2 aromatic rings. The van der Waals surface area contributed by atoms with E-state index in [-0.39, 0.29) is 17.4 Å². The number of hydrogen-bond donors (Lipinski definition) is 1. The molecule has 0 aliphatic heterocycles. The minimum atomic E-state index is -0.534.